The van der Waals surface area contributed by atoms with E-state index in [0.717, 1.165) is 55.9 Å². The highest BCUT2D eigenvalue weighted by Crippen LogP contribution is 2.50. The third kappa shape index (κ3) is 4.60. The molecule has 3 rings (SSSR count). The predicted octanol–water partition coefficient (Wildman–Crippen LogP) is 6.14. The van der Waals surface area contributed by atoms with Gasteiger partial charge in [0.1, 0.15) is 0 Å². The van der Waals surface area contributed by atoms with Crippen molar-refractivity contribution in [2.45, 2.75) is 88.8 Å². The molecule has 1 atom stereocenters. The highest BCUT2D eigenvalue weighted by molar-refractivity contribution is 6.73. The van der Waals surface area contributed by atoms with E-state index in [-0.39, 0.29) is 17.3 Å². The molecule has 2 bridgehead atoms. The van der Waals surface area contributed by atoms with Crippen LogP contribution in [0.3, 0.4) is 0 Å². The van der Waals surface area contributed by atoms with Gasteiger partial charge in [-0.05, 0) is 50.7 Å². The summed E-state index contributed by atoms with van der Waals surface area (Å²) in [6.07, 6.45) is 7.75. The van der Waals surface area contributed by atoms with Gasteiger partial charge in [-0.15, -0.1) is 0 Å². The van der Waals surface area contributed by atoms with E-state index in [0.29, 0.717) is 16.6 Å². The SMILES string of the molecule is CC[Si](CC)(CC)OC(CNCC12CCC(C)(CC1)O2)c1c(Cl)cncc1Cl. The molecule has 2 fully saturated rings. The van der Waals surface area contributed by atoms with Crippen molar-refractivity contribution in [1.82, 2.24) is 10.3 Å². The van der Waals surface area contributed by atoms with E-state index in [1.165, 1.54) is 0 Å². The lowest BCUT2D eigenvalue weighted by Gasteiger charge is -2.35. The Labute approximate surface area is 180 Å². The minimum atomic E-state index is -1.83. The summed E-state index contributed by atoms with van der Waals surface area (Å²) in [7, 11) is -1.83. The fraction of sp³-hybridized carbons (Fsp3) is 0.762. The Kier molecular flexibility index (Phi) is 7.16. The summed E-state index contributed by atoms with van der Waals surface area (Å²) < 4.78 is 13.2. The van der Waals surface area contributed by atoms with Gasteiger partial charge in [0.25, 0.3) is 0 Å². The minimum Gasteiger partial charge on any atom is -0.409 e. The van der Waals surface area contributed by atoms with E-state index in [2.05, 4.69) is 38.0 Å². The normalized spacial score (nSPS) is 28.1. The molecular formula is C21H34Cl2N2O2Si. The fourth-order valence-electron chi connectivity index (χ4n) is 4.84. The van der Waals surface area contributed by atoms with Crippen LogP contribution in [0.4, 0.5) is 0 Å². The molecule has 2 aliphatic heterocycles. The summed E-state index contributed by atoms with van der Waals surface area (Å²) in [6, 6.07) is 3.26. The molecule has 0 saturated carbocycles. The first-order chi connectivity index (χ1) is 13.3. The molecule has 1 unspecified atom stereocenters. The Morgan fingerprint density at radius 1 is 1.11 bits per heavy atom. The number of nitrogens with zero attached hydrogens (tertiary/aromatic N) is 1. The van der Waals surface area contributed by atoms with Crippen molar-refractivity contribution in [2.24, 2.45) is 0 Å². The first-order valence-corrected chi connectivity index (χ1v) is 14.0. The Morgan fingerprint density at radius 3 is 2.14 bits per heavy atom. The molecule has 4 nitrogen and oxygen atoms in total. The molecule has 0 radical (unpaired) electrons. The zero-order valence-corrected chi connectivity index (χ0v) is 20.1. The largest absolute Gasteiger partial charge is 0.409 e. The molecule has 0 aromatic carbocycles. The summed E-state index contributed by atoms with van der Waals surface area (Å²) in [6.45, 7) is 10.5. The molecule has 0 amide bonds. The molecule has 2 saturated heterocycles. The second-order valence-electron chi connectivity index (χ2n) is 8.73. The van der Waals surface area contributed by atoms with E-state index in [9.17, 15) is 0 Å². The van der Waals surface area contributed by atoms with Crippen molar-refractivity contribution in [3.63, 3.8) is 0 Å². The predicted molar refractivity (Wildman–Crippen MR) is 119 cm³/mol. The van der Waals surface area contributed by atoms with Gasteiger partial charge < -0.3 is 14.5 Å². The Morgan fingerprint density at radius 2 is 1.68 bits per heavy atom. The van der Waals surface area contributed by atoms with Crippen LogP contribution < -0.4 is 5.32 Å². The molecule has 2 aliphatic rings. The molecule has 1 aromatic rings. The molecule has 0 aliphatic carbocycles. The number of halogens is 2. The maximum Gasteiger partial charge on any atom is 0.192 e. The summed E-state index contributed by atoms with van der Waals surface area (Å²) >= 11 is 13.0. The summed E-state index contributed by atoms with van der Waals surface area (Å²) in [5.41, 5.74) is 0.934. The lowest BCUT2D eigenvalue weighted by molar-refractivity contribution is -0.0372. The number of nitrogens with one attached hydrogen (secondary N) is 1. The molecule has 1 aromatic heterocycles. The summed E-state index contributed by atoms with van der Waals surface area (Å²) in [5, 5.41) is 4.80. The van der Waals surface area contributed by atoms with Crippen LogP contribution in [0.25, 0.3) is 0 Å². The highest BCUT2D eigenvalue weighted by atomic mass is 35.5. The van der Waals surface area contributed by atoms with Gasteiger partial charge in [0.15, 0.2) is 8.32 Å². The topological polar surface area (TPSA) is 43.4 Å². The lowest BCUT2D eigenvalue weighted by atomic mass is 9.83. The molecule has 28 heavy (non-hydrogen) atoms. The van der Waals surface area contributed by atoms with Gasteiger partial charge in [-0.2, -0.15) is 0 Å². The molecule has 158 valence electrons. The van der Waals surface area contributed by atoms with Crippen molar-refractivity contribution in [1.29, 1.82) is 0 Å². The van der Waals surface area contributed by atoms with Crippen LogP contribution in [0.1, 0.15) is 65.0 Å². The number of fused-ring (bicyclic) bond motifs is 2. The zero-order chi connectivity index (χ0) is 20.4. The number of rotatable bonds is 10. The second kappa shape index (κ2) is 8.91. The molecular weight excluding hydrogens is 411 g/mol. The molecule has 3 heterocycles. The number of pyridine rings is 1. The Balaban J connectivity index is 1.75. The Hall–Kier alpha value is -0.173. The monoisotopic (exact) mass is 444 g/mol. The number of ether oxygens (including phenoxy) is 1. The van der Waals surface area contributed by atoms with Gasteiger partial charge in [0.2, 0.25) is 0 Å². The number of aromatic nitrogens is 1. The molecule has 7 heteroatoms. The van der Waals surface area contributed by atoms with Gasteiger partial charge in [0.05, 0.1) is 27.4 Å². The van der Waals surface area contributed by atoms with Gasteiger partial charge in [-0.3, -0.25) is 4.98 Å². The average molecular weight is 446 g/mol. The van der Waals surface area contributed by atoms with Crippen molar-refractivity contribution >= 4 is 31.5 Å². The van der Waals surface area contributed by atoms with Crippen LogP contribution in [0.5, 0.6) is 0 Å². The summed E-state index contributed by atoms with van der Waals surface area (Å²) in [4.78, 5) is 4.12. The summed E-state index contributed by atoms with van der Waals surface area (Å²) in [5.74, 6) is 0. The van der Waals surface area contributed by atoms with Crippen molar-refractivity contribution in [2.75, 3.05) is 13.1 Å². The van der Waals surface area contributed by atoms with Gasteiger partial charge >= 0.3 is 0 Å². The maximum atomic E-state index is 6.83. The van der Waals surface area contributed by atoms with Gasteiger partial charge in [-0.1, -0.05) is 44.0 Å². The van der Waals surface area contributed by atoms with E-state index >= 15 is 0 Å². The third-order valence-electron chi connectivity index (χ3n) is 7.00. The first-order valence-electron chi connectivity index (χ1n) is 10.7. The fourth-order valence-corrected chi connectivity index (χ4v) is 8.25. The third-order valence-corrected chi connectivity index (χ3v) is 12.2. The van der Waals surface area contributed by atoms with E-state index in [4.69, 9.17) is 32.4 Å². The van der Waals surface area contributed by atoms with E-state index in [1.54, 1.807) is 12.4 Å². The zero-order valence-electron chi connectivity index (χ0n) is 17.6. The smallest absolute Gasteiger partial charge is 0.192 e. The molecule has 1 N–H and O–H groups in total. The Bertz CT molecular complexity index is 648. The van der Waals surface area contributed by atoms with Crippen molar-refractivity contribution < 1.29 is 9.16 Å². The highest BCUT2D eigenvalue weighted by Gasteiger charge is 2.52. The average Bonchev–Trinajstić information content (AvgIpc) is 3.19. The van der Waals surface area contributed by atoms with E-state index < -0.39 is 8.32 Å². The van der Waals surface area contributed by atoms with Crippen molar-refractivity contribution in [3.05, 3.63) is 28.0 Å². The first kappa shape index (κ1) is 22.5. The minimum absolute atomic E-state index is 0.0140. The van der Waals surface area contributed by atoms with Crippen LogP contribution in [0, 0.1) is 0 Å². The number of hydrogen-bond donors (Lipinski definition) is 1. The van der Waals surface area contributed by atoms with Crippen LogP contribution in [-0.4, -0.2) is 37.6 Å². The van der Waals surface area contributed by atoms with Crippen LogP contribution >= 0.6 is 23.2 Å². The van der Waals surface area contributed by atoms with Gasteiger partial charge in [-0.25, -0.2) is 0 Å². The number of hydrogen-bond acceptors (Lipinski definition) is 4. The molecule has 0 spiro atoms. The second-order valence-corrected chi connectivity index (χ2v) is 14.3. The van der Waals surface area contributed by atoms with E-state index in [1.807, 2.05) is 0 Å². The lowest BCUT2D eigenvalue weighted by Crippen LogP contribution is -2.43. The van der Waals surface area contributed by atoms with Crippen LogP contribution in [0.2, 0.25) is 28.2 Å². The van der Waals surface area contributed by atoms with Crippen molar-refractivity contribution in [3.8, 4) is 0 Å². The van der Waals surface area contributed by atoms with Crippen LogP contribution in [-0.2, 0) is 9.16 Å². The maximum absolute atomic E-state index is 6.83. The standard InChI is InChI=1S/C21H34Cl2N2O2Si/c1-5-28(6-2,7-3)26-18(19-16(22)12-24-13-17(19)23)14-25-15-21-10-8-20(4,27-21)9-11-21/h12-13,18,25H,5-11,14-15H2,1-4H3. The quantitative estimate of drug-likeness (QED) is 0.439. The van der Waals surface area contributed by atoms with Crippen LogP contribution in [0.15, 0.2) is 12.4 Å². The van der Waals surface area contributed by atoms with Gasteiger partial charge in [0, 0.05) is 31.0 Å².